The van der Waals surface area contributed by atoms with Crippen molar-refractivity contribution in [2.75, 3.05) is 31.1 Å². The Labute approximate surface area is 172 Å². The summed E-state index contributed by atoms with van der Waals surface area (Å²) in [6, 6.07) is 7.85. The summed E-state index contributed by atoms with van der Waals surface area (Å²) in [5.74, 6) is 0.689. The maximum absolute atomic E-state index is 14.7. The molecule has 6 nitrogen and oxygen atoms in total. The average molecular weight is 411 g/mol. The van der Waals surface area contributed by atoms with Gasteiger partial charge in [0, 0.05) is 31.9 Å². The third-order valence-electron chi connectivity index (χ3n) is 5.68. The van der Waals surface area contributed by atoms with Crippen LogP contribution in [-0.4, -0.2) is 51.0 Å². The van der Waals surface area contributed by atoms with Crippen LogP contribution in [0.3, 0.4) is 0 Å². The van der Waals surface area contributed by atoms with E-state index in [1.807, 2.05) is 20.8 Å². The fourth-order valence-corrected chi connectivity index (χ4v) is 4.91. The van der Waals surface area contributed by atoms with Gasteiger partial charge in [0.15, 0.2) is 5.65 Å². The van der Waals surface area contributed by atoms with Crippen LogP contribution in [-0.2, 0) is 0 Å². The minimum atomic E-state index is -0.240. The van der Waals surface area contributed by atoms with Gasteiger partial charge in [-0.15, -0.1) is 11.3 Å². The Kier molecular flexibility index (Phi) is 4.48. The van der Waals surface area contributed by atoms with Gasteiger partial charge in [0.1, 0.15) is 11.6 Å². The second-order valence-corrected chi connectivity index (χ2v) is 8.87. The second-order valence-electron chi connectivity index (χ2n) is 7.63. The van der Waals surface area contributed by atoms with Gasteiger partial charge in [0.2, 0.25) is 0 Å². The molecule has 0 bridgehead atoms. The molecule has 1 aliphatic rings. The molecule has 1 atom stereocenters. The van der Waals surface area contributed by atoms with Gasteiger partial charge in [-0.25, -0.2) is 19.3 Å². The van der Waals surface area contributed by atoms with Crippen molar-refractivity contribution in [2.45, 2.75) is 26.8 Å². The summed E-state index contributed by atoms with van der Waals surface area (Å²) in [5.41, 5.74) is 4.39. The fourth-order valence-electron chi connectivity index (χ4n) is 4.12. The van der Waals surface area contributed by atoms with Crippen molar-refractivity contribution in [3.8, 4) is 0 Å². The number of aryl methyl sites for hydroxylation is 2. The Bertz CT molecular complexity index is 1190. The first kappa shape index (κ1) is 18.4. The van der Waals surface area contributed by atoms with Crippen LogP contribution in [0.4, 0.5) is 10.1 Å². The summed E-state index contributed by atoms with van der Waals surface area (Å²) < 4.78 is 15.5. The van der Waals surface area contributed by atoms with Crippen molar-refractivity contribution < 1.29 is 4.39 Å². The number of hydrogen-bond donors (Lipinski definition) is 1. The highest BCUT2D eigenvalue weighted by Crippen LogP contribution is 2.29. The minimum absolute atomic E-state index is 0.0821. The van der Waals surface area contributed by atoms with Gasteiger partial charge in [-0.05, 0) is 45.0 Å². The van der Waals surface area contributed by atoms with Gasteiger partial charge < -0.3 is 9.88 Å². The monoisotopic (exact) mass is 410 g/mol. The predicted octanol–water partition coefficient (Wildman–Crippen LogP) is 4.21. The number of nitrogens with one attached hydrogen (secondary N) is 1. The van der Waals surface area contributed by atoms with E-state index in [1.165, 1.54) is 17.0 Å². The number of aromatic amines is 1. The van der Waals surface area contributed by atoms with Gasteiger partial charge in [-0.1, -0.05) is 0 Å². The molecule has 0 spiro atoms. The molecule has 4 aromatic rings. The molecule has 1 N–H and O–H groups in total. The molecule has 0 aliphatic carbocycles. The van der Waals surface area contributed by atoms with Gasteiger partial charge in [0.25, 0.3) is 0 Å². The molecule has 4 heterocycles. The first-order valence-corrected chi connectivity index (χ1v) is 10.7. The zero-order valence-electron chi connectivity index (χ0n) is 16.7. The molecular formula is C21H23FN6S. The number of rotatable bonds is 3. The fraction of sp³-hybridized carbons (Fsp3) is 0.381. The van der Waals surface area contributed by atoms with Crippen LogP contribution in [0.5, 0.6) is 0 Å². The summed E-state index contributed by atoms with van der Waals surface area (Å²) in [7, 11) is 0. The van der Waals surface area contributed by atoms with E-state index in [9.17, 15) is 4.39 Å². The number of thiazole rings is 1. The Morgan fingerprint density at radius 1 is 1.07 bits per heavy atom. The Morgan fingerprint density at radius 3 is 2.66 bits per heavy atom. The van der Waals surface area contributed by atoms with E-state index in [0.29, 0.717) is 11.3 Å². The lowest BCUT2D eigenvalue weighted by Crippen LogP contribution is -2.47. The molecule has 1 saturated heterocycles. The molecule has 5 rings (SSSR count). The molecule has 0 amide bonds. The molecule has 0 unspecified atom stereocenters. The van der Waals surface area contributed by atoms with E-state index < -0.39 is 0 Å². The lowest BCUT2D eigenvalue weighted by molar-refractivity contribution is 0.192. The minimum Gasteiger partial charge on any atom is -0.369 e. The molecule has 3 aromatic heterocycles. The van der Waals surface area contributed by atoms with Gasteiger partial charge >= 0.3 is 0 Å². The number of benzene rings is 1. The molecule has 8 heteroatoms. The largest absolute Gasteiger partial charge is 0.369 e. The van der Waals surface area contributed by atoms with E-state index in [2.05, 4.69) is 47.9 Å². The smallest absolute Gasteiger partial charge is 0.171 e. The van der Waals surface area contributed by atoms with Crippen molar-refractivity contribution in [3.63, 3.8) is 0 Å². The van der Waals surface area contributed by atoms with Crippen molar-refractivity contribution in [1.29, 1.82) is 0 Å². The zero-order chi connectivity index (χ0) is 20.1. The Balaban J connectivity index is 1.32. The standard InChI is InChI=1S/C21H23FN6S/c1-12(20-16(22)11-19-21(26-20)25-14(3)29-19)27-6-8-28(9-7-27)15-4-5-17-18(10-15)24-13(2)23-17/h4-5,10-12H,6-9H2,1-3H3,(H,23,24)/t12-/m1/s1. The molecule has 29 heavy (non-hydrogen) atoms. The molecule has 1 aliphatic heterocycles. The maximum atomic E-state index is 14.7. The Hall–Kier alpha value is -2.58. The lowest BCUT2D eigenvalue weighted by Gasteiger charge is -2.39. The highest BCUT2D eigenvalue weighted by atomic mass is 32.1. The Morgan fingerprint density at radius 2 is 1.86 bits per heavy atom. The molecule has 1 fully saturated rings. The highest BCUT2D eigenvalue weighted by Gasteiger charge is 2.26. The van der Waals surface area contributed by atoms with Crippen LogP contribution in [0.2, 0.25) is 0 Å². The number of fused-ring (bicyclic) bond motifs is 2. The number of pyridine rings is 1. The summed E-state index contributed by atoms with van der Waals surface area (Å²) in [6.07, 6.45) is 0. The van der Waals surface area contributed by atoms with E-state index in [1.54, 1.807) is 6.07 Å². The van der Waals surface area contributed by atoms with Gasteiger partial charge in [0.05, 0.1) is 32.5 Å². The number of aromatic nitrogens is 4. The molecule has 0 radical (unpaired) electrons. The summed E-state index contributed by atoms with van der Waals surface area (Å²) in [6.45, 7) is 9.43. The van der Waals surface area contributed by atoms with Crippen molar-refractivity contribution in [1.82, 2.24) is 24.8 Å². The van der Waals surface area contributed by atoms with Gasteiger partial charge in [-0.2, -0.15) is 0 Å². The number of anilines is 1. The van der Waals surface area contributed by atoms with Crippen molar-refractivity contribution in [2.24, 2.45) is 0 Å². The van der Waals surface area contributed by atoms with E-state index >= 15 is 0 Å². The highest BCUT2D eigenvalue weighted by molar-refractivity contribution is 7.18. The van der Waals surface area contributed by atoms with Gasteiger partial charge in [-0.3, -0.25) is 4.90 Å². The van der Waals surface area contributed by atoms with Crippen LogP contribution in [0.15, 0.2) is 24.3 Å². The summed E-state index contributed by atoms with van der Waals surface area (Å²) in [4.78, 5) is 21.4. The van der Waals surface area contributed by atoms with E-state index in [4.69, 9.17) is 0 Å². The summed E-state index contributed by atoms with van der Waals surface area (Å²) in [5, 5.41) is 0.912. The molecule has 150 valence electrons. The number of imidazole rings is 1. The summed E-state index contributed by atoms with van der Waals surface area (Å²) >= 11 is 1.48. The van der Waals surface area contributed by atoms with E-state index in [-0.39, 0.29) is 11.9 Å². The third kappa shape index (κ3) is 3.36. The average Bonchev–Trinajstić information content (AvgIpc) is 3.26. The number of nitrogens with zero attached hydrogens (tertiary/aromatic N) is 5. The van der Waals surface area contributed by atoms with Crippen molar-refractivity contribution >= 4 is 38.4 Å². The number of piperazine rings is 1. The van der Waals surface area contributed by atoms with E-state index in [0.717, 1.165) is 52.7 Å². The molecule has 0 saturated carbocycles. The second kappa shape index (κ2) is 7.03. The first-order chi connectivity index (χ1) is 14.0. The topological polar surface area (TPSA) is 60.9 Å². The quantitative estimate of drug-likeness (QED) is 0.548. The third-order valence-corrected chi connectivity index (χ3v) is 6.58. The lowest BCUT2D eigenvalue weighted by atomic mass is 10.1. The maximum Gasteiger partial charge on any atom is 0.171 e. The molecule has 1 aromatic carbocycles. The number of hydrogen-bond acceptors (Lipinski definition) is 6. The van der Waals surface area contributed by atoms with Crippen LogP contribution in [0, 0.1) is 19.7 Å². The normalized spacial score (nSPS) is 16.8. The molecular weight excluding hydrogens is 387 g/mol. The number of halogens is 1. The van der Waals surface area contributed by atoms with Crippen LogP contribution < -0.4 is 4.90 Å². The van der Waals surface area contributed by atoms with Crippen LogP contribution >= 0.6 is 11.3 Å². The van der Waals surface area contributed by atoms with Crippen molar-refractivity contribution in [3.05, 3.63) is 46.6 Å². The number of H-pyrrole nitrogens is 1. The van der Waals surface area contributed by atoms with Crippen LogP contribution in [0.1, 0.15) is 29.5 Å². The zero-order valence-corrected chi connectivity index (χ0v) is 17.6. The predicted molar refractivity (Wildman–Crippen MR) is 115 cm³/mol. The van der Waals surface area contributed by atoms with Crippen LogP contribution in [0.25, 0.3) is 21.4 Å². The SMILES string of the molecule is Cc1nc2ccc(N3CCN([C@H](C)c4nc5nc(C)sc5cc4F)CC3)cc2[nH]1. The first-order valence-electron chi connectivity index (χ1n) is 9.87.